The summed E-state index contributed by atoms with van der Waals surface area (Å²) in [5, 5.41) is 14.2. The molecule has 1 rings (SSSR count). The lowest BCUT2D eigenvalue weighted by Crippen LogP contribution is -2.53. The molecule has 6 N–H and O–H groups in total. The van der Waals surface area contributed by atoms with Crippen molar-refractivity contribution in [1.82, 2.24) is 20.6 Å². The number of amides is 2. The Balaban J connectivity index is 2.75. The number of aromatic amines is 1. The number of carboxylic acids is 1. The molecule has 0 aliphatic rings. The molecule has 0 saturated carbocycles. The van der Waals surface area contributed by atoms with Crippen molar-refractivity contribution in [3.63, 3.8) is 0 Å². The van der Waals surface area contributed by atoms with Gasteiger partial charge in [-0.2, -0.15) is 0 Å². The zero-order valence-electron chi connectivity index (χ0n) is 13.2. The summed E-state index contributed by atoms with van der Waals surface area (Å²) in [6, 6.07) is -1.96. The third-order valence-electron chi connectivity index (χ3n) is 3.13. The molecule has 9 nitrogen and oxygen atoms in total. The molecular formula is C14H23N5O4. The number of carbonyl (C=O) groups excluding carboxylic acids is 2. The molecule has 0 aliphatic carbocycles. The number of imidazole rings is 1. The van der Waals surface area contributed by atoms with Crippen molar-refractivity contribution in [3.8, 4) is 0 Å². The number of nitrogens with zero attached hydrogens (tertiary/aromatic N) is 1. The van der Waals surface area contributed by atoms with Crippen molar-refractivity contribution in [2.45, 2.75) is 38.8 Å². The summed E-state index contributed by atoms with van der Waals surface area (Å²) in [6.07, 6.45) is 3.42. The first-order valence-electron chi connectivity index (χ1n) is 7.33. The van der Waals surface area contributed by atoms with E-state index in [0.29, 0.717) is 12.1 Å². The molecule has 9 heteroatoms. The summed E-state index contributed by atoms with van der Waals surface area (Å²) < 4.78 is 0. The van der Waals surface area contributed by atoms with Gasteiger partial charge in [0, 0.05) is 12.6 Å². The molecule has 1 aromatic heterocycles. The molecule has 2 atom stereocenters. The normalized spacial score (nSPS) is 13.4. The molecule has 1 aromatic rings. The highest BCUT2D eigenvalue weighted by atomic mass is 16.4. The third kappa shape index (κ3) is 6.47. The number of aromatic nitrogens is 2. The number of hydrogen-bond acceptors (Lipinski definition) is 5. The Morgan fingerprint density at radius 1 is 1.30 bits per heavy atom. The van der Waals surface area contributed by atoms with Gasteiger partial charge < -0.3 is 26.5 Å². The Bertz CT molecular complexity index is 529. The summed E-state index contributed by atoms with van der Waals surface area (Å²) in [5.74, 6) is -2.05. The number of aliphatic carboxylic acids is 1. The average Bonchev–Trinajstić information content (AvgIpc) is 2.97. The highest BCUT2D eigenvalue weighted by molar-refractivity contribution is 5.90. The maximum absolute atomic E-state index is 12.3. The molecule has 128 valence electrons. The van der Waals surface area contributed by atoms with E-state index in [4.69, 9.17) is 5.73 Å². The van der Waals surface area contributed by atoms with Gasteiger partial charge in [0.25, 0.3) is 0 Å². The summed E-state index contributed by atoms with van der Waals surface area (Å²) in [5.41, 5.74) is 5.76. The third-order valence-corrected chi connectivity index (χ3v) is 3.13. The smallest absolute Gasteiger partial charge is 0.326 e. The fourth-order valence-electron chi connectivity index (χ4n) is 2.04. The van der Waals surface area contributed by atoms with Gasteiger partial charge >= 0.3 is 5.97 Å². The lowest BCUT2D eigenvalue weighted by atomic mass is 10.0. The number of carbonyl (C=O) groups is 3. The van der Waals surface area contributed by atoms with E-state index in [1.165, 1.54) is 6.33 Å². The van der Waals surface area contributed by atoms with Crippen molar-refractivity contribution in [2.75, 3.05) is 6.54 Å². The molecule has 23 heavy (non-hydrogen) atoms. The Kier molecular flexibility index (Phi) is 7.20. The van der Waals surface area contributed by atoms with Crippen LogP contribution in [-0.4, -0.2) is 51.5 Å². The van der Waals surface area contributed by atoms with Crippen LogP contribution in [0.25, 0.3) is 0 Å². The average molecular weight is 325 g/mol. The van der Waals surface area contributed by atoms with Crippen LogP contribution in [0, 0.1) is 5.92 Å². The van der Waals surface area contributed by atoms with Gasteiger partial charge in [0.15, 0.2) is 0 Å². The first-order chi connectivity index (χ1) is 10.8. The van der Waals surface area contributed by atoms with Crippen LogP contribution < -0.4 is 16.4 Å². The van der Waals surface area contributed by atoms with Gasteiger partial charge in [-0.1, -0.05) is 13.8 Å². The van der Waals surface area contributed by atoms with Crippen molar-refractivity contribution < 1.29 is 19.5 Å². The molecule has 1 heterocycles. The molecule has 0 spiro atoms. The van der Waals surface area contributed by atoms with Gasteiger partial charge in [-0.05, 0) is 12.3 Å². The molecule has 0 bridgehead atoms. The molecule has 0 radical (unpaired) electrons. The SMILES string of the molecule is CC(C)C[C@H](NC(=O)CN)C(=O)N[C@@H](Cc1c[nH]cn1)C(=O)O. The Hall–Kier alpha value is -2.42. The van der Waals surface area contributed by atoms with Crippen molar-refractivity contribution in [3.05, 3.63) is 18.2 Å². The summed E-state index contributed by atoms with van der Waals surface area (Å²) in [4.78, 5) is 41.7. The van der Waals surface area contributed by atoms with Gasteiger partial charge in [-0.3, -0.25) is 9.59 Å². The van der Waals surface area contributed by atoms with Gasteiger partial charge in [-0.15, -0.1) is 0 Å². The second-order valence-electron chi connectivity index (χ2n) is 5.62. The van der Waals surface area contributed by atoms with Gasteiger partial charge in [0.05, 0.1) is 18.6 Å². The largest absolute Gasteiger partial charge is 0.480 e. The molecule has 0 unspecified atom stereocenters. The Morgan fingerprint density at radius 2 is 2.00 bits per heavy atom. The predicted molar refractivity (Wildman–Crippen MR) is 82.3 cm³/mol. The van der Waals surface area contributed by atoms with Crippen LogP contribution in [0.1, 0.15) is 26.0 Å². The minimum Gasteiger partial charge on any atom is -0.480 e. The van der Waals surface area contributed by atoms with E-state index in [2.05, 4.69) is 20.6 Å². The topological polar surface area (TPSA) is 150 Å². The second-order valence-corrected chi connectivity index (χ2v) is 5.62. The van der Waals surface area contributed by atoms with Crippen LogP contribution in [0.5, 0.6) is 0 Å². The van der Waals surface area contributed by atoms with Crippen LogP contribution in [0.4, 0.5) is 0 Å². The van der Waals surface area contributed by atoms with Crippen LogP contribution in [-0.2, 0) is 20.8 Å². The molecule has 0 fully saturated rings. The fourth-order valence-corrected chi connectivity index (χ4v) is 2.04. The standard InChI is InChI=1S/C14H23N5O4/c1-8(2)3-10(18-12(20)5-15)13(21)19-11(14(22)23)4-9-6-16-7-17-9/h6-8,10-11H,3-5,15H2,1-2H3,(H,16,17)(H,18,20)(H,19,21)(H,22,23)/t10-,11-/m0/s1. The number of H-pyrrole nitrogens is 1. The molecule has 0 aromatic carbocycles. The summed E-state index contributed by atoms with van der Waals surface area (Å²) >= 11 is 0. The highest BCUT2D eigenvalue weighted by Crippen LogP contribution is 2.06. The zero-order chi connectivity index (χ0) is 17.4. The number of nitrogens with one attached hydrogen (secondary N) is 3. The van der Waals surface area contributed by atoms with E-state index in [9.17, 15) is 19.5 Å². The van der Waals surface area contributed by atoms with Crippen molar-refractivity contribution in [1.29, 1.82) is 0 Å². The monoisotopic (exact) mass is 325 g/mol. The predicted octanol–water partition coefficient (Wildman–Crippen LogP) is -0.989. The first-order valence-corrected chi connectivity index (χ1v) is 7.33. The quantitative estimate of drug-likeness (QED) is 0.393. The Morgan fingerprint density at radius 3 is 2.48 bits per heavy atom. The van der Waals surface area contributed by atoms with Crippen LogP contribution in [0.3, 0.4) is 0 Å². The van der Waals surface area contributed by atoms with E-state index in [-0.39, 0.29) is 18.9 Å². The van der Waals surface area contributed by atoms with E-state index in [1.54, 1.807) is 6.20 Å². The van der Waals surface area contributed by atoms with Crippen LogP contribution in [0.15, 0.2) is 12.5 Å². The maximum atomic E-state index is 12.3. The molecule has 0 aliphatic heterocycles. The number of carboxylic acid groups (broad SMARTS) is 1. The van der Waals surface area contributed by atoms with Gasteiger partial charge in [-0.25, -0.2) is 9.78 Å². The zero-order valence-corrected chi connectivity index (χ0v) is 13.2. The number of nitrogens with two attached hydrogens (primary N) is 1. The van der Waals surface area contributed by atoms with Crippen molar-refractivity contribution in [2.24, 2.45) is 11.7 Å². The molecule has 2 amide bonds. The lowest BCUT2D eigenvalue weighted by Gasteiger charge is -2.22. The first kappa shape index (κ1) is 18.6. The fraction of sp³-hybridized carbons (Fsp3) is 0.571. The minimum absolute atomic E-state index is 0.0454. The van der Waals surface area contributed by atoms with E-state index in [0.717, 1.165) is 0 Å². The van der Waals surface area contributed by atoms with Crippen molar-refractivity contribution >= 4 is 17.8 Å². The Labute approximate surface area is 134 Å². The van der Waals surface area contributed by atoms with Crippen LogP contribution in [0.2, 0.25) is 0 Å². The highest BCUT2D eigenvalue weighted by Gasteiger charge is 2.27. The minimum atomic E-state index is -1.17. The maximum Gasteiger partial charge on any atom is 0.326 e. The van der Waals surface area contributed by atoms with Gasteiger partial charge in [0.2, 0.25) is 11.8 Å². The van der Waals surface area contributed by atoms with E-state index < -0.39 is 29.9 Å². The summed E-state index contributed by atoms with van der Waals surface area (Å²) in [6.45, 7) is 3.55. The van der Waals surface area contributed by atoms with E-state index >= 15 is 0 Å². The number of hydrogen-bond donors (Lipinski definition) is 5. The molecular weight excluding hydrogens is 302 g/mol. The van der Waals surface area contributed by atoms with E-state index in [1.807, 2.05) is 13.8 Å². The summed E-state index contributed by atoms with van der Waals surface area (Å²) in [7, 11) is 0. The van der Waals surface area contributed by atoms with Gasteiger partial charge in [0.1, 0.15) is 12.1 Å². The second kappa shape index (κ2) is 8.89. The van der Waals surface area contributed by atoms with Crippen LogP contribution >= 0.6 is 0 Å². The number of rotatable bonds is 9. The lowest BCUT2D eigenvalue weighted by molar-refractivity contribution is -0.142. The molecule has 0 saturated heterocycles.